The summed E-state index contributed by atoms with van der Waals surface area (Å²) in [6.07, 6.45) is 1.69. The molecule has 1 N–H and O–H groups in total. The molecule has 0 bridgehead atoms. The van der Waals surface area contributed by atoms with Crippen LogP contribution in [0.4, 0.5) is 0 Å². The van der Waals surface area contributed by atoms with Crippen LogP contribution in [-0.2, 0) is 11.3 Å². The van der Waals surface area contributed by atoms with Crippen molar-refractivity contribution in [2.75, 3.05) is 13.2 Å². The zero-order valence-electron chi connectivity index (χ0n) is 18.5. The average Bonchev–Trinajstić information content (AvgIpc) is 3.28. The molecule has 1 aliphatic heterocycles. The third-order valence-electron chi connectivity index (χ3n) is 5.47. The number of carbonyl (C=O) groups is 1. The van der Waals surface area contributed by atoms with Gasteiger partial charge >= 0.3 is 5.69 Å². The number of rotatable bonds is 6. The molecule has 1 aliphatic rings. The van der Waals surface area contributed by atoms with Crippen LogP contribution in [0.15, 0.2) is 52.1 Å². The molecule has 0 saturated carbocycles. The molecule has 0 spiro atoms. The van der Waals surface area contributed by atoms with Crippen LogP contribution in [0.1, 0.15) is 40.0 Å². The largest absolute Gasteiger partial charge is 0.376 e. The number of aryl methyl sites for hydroxylation is 2. The molecule has 3 aromatic rings. The van der Waals surface area contributed by atoms with E-state index in [0.29, 0.717) is 22.9 Å². The summed E-state index contributed by atoms with van der Waals surface area (Å²) in [5.41, 5.74) is 1.24. The van der Waals surface area contributed by atoms with Gasteiger partial charge in [0.25, 0.3) is 11.5 Å². The van der Waals surface area contributed by atoms with Crippen LogP contribution in [-0.4, -0.2) is 39.5 Å². The van der Waals surface area contributed by atoms with E-state index in [1.54, 1.807) is 36.4 Å². The summed E-state index contributed by atoms with van der Waals surface area (Å²) in [5, 5.41) is 7.39. The van der Waals surface area contributed by atoms with Gasteiger partial charge in [-0.1, -0.05) is 29.8 Å². The Morgan fingerprint density at radius 1 is 1.18 bits per heavy atom. The van der Waals surface area contributed by atoms with Gasteiger partial charge in [-0.05, 0) is 67.6 Å². The molecule has 2 heterocycles. The van der Waals surface area contributed by atoms with Crippen LogP contribution in [0, 0.1) is 13.8 Å². The first-order valence-corrected chi connectivity index (χ1v) is 11.2. The number of ether oxygens (including phenoxy) is 1. The van der Waals surface area contributed by atoms with Gasteiger partial charge < -0.3 is 10.1 Å². The Morgan fingerprint density at radius 3 is 2.61 bits per heavy atom. The lowest BCUT2D eigenvalue weighted by atomic mass is 10.1. The molecular weight excluding hydrogens is 444 g/mol. The first kappa shape index (κ1) is 22.9. The highest BCUT2D eigenvalue weighted by Gasteiger charge is 2.23. The van der Waals surface area contributed by atoms with E-state index >= 15 is 0 Å². The van der Waals surface area contributed by atoms with E-state index in [-0.39, 0.29) is 24.9 Å². The van der Waals surface area contributed by atoms with Crippen molar-refractivity contribution < 1.29 is 9.53 Å². The summed E-state index contributed by atoms with van der Waals surface area (Å²) in [4.78, 5) is 39.4. The fraction of sp³-hybridized carbons (Fsp3) is 0.333. The molecule has 1 amide bonds. The fourth-order valence-corrected chi connectivity index (χ4v) is 4.16. The highest BCUT2D eigenvalue weighted by molar-refractivity contribution is 6.30. The maximum Gasteiger partial charge on any atom is 0.352 e. The lowest BCUT2D eigenvalue weighted by molar-refractivity contribution is 0.0849. The summed E-state index contributed by atoms with van der Waals surface area (Å²) in [6, 6.07) is 12.4. The molecular formula is C24H25ClN4O4. The zero-order valence-corrected chi connectivity index (χ0v) is 19.3. The van der Waals surface area contributed by atoms with Gasteiger partial charge in [0, 0.05) is 18.2 Å². The Bertz CT molecular complexity index is 1290. The van der Waals surface area contributed by atoms with Gasteiger partial charge in [-0.15, -0.1) is 0 Å². The van der Waals surface area contributed by atoms with Gasteiger partial charge in [0.05, 0.1) is 18.3 Å². The molecule has 1 fully saturated rings. The normalized spacial score (nSPS) is 15.5. The number of benzene rings is 2. The van der Waals surface area contributed by atoms with Crippen LogP contribution >= 0.6 is 11.6 Å². The summed E-state index contributed by atoms with van der Waals surface area (Å²) in [7, 11) is 0. The zero-order chi connectivity index (χ0) is 23.5. The lowest BCUT2D eigenvalue weighted by Gasteiger charge is -2.14. The number of nitrogens with one attached hydrogen (secondary N) is 1. The van der Waals surface area contributed by atoms with Gasteiger partial charge in [0.1, 0.15) is 0 Å². The number of hydrogen-bond donors (Lipinski definition) is 1. The van der Waals surface area contributed by atoms with Crippen molar-refractivity contribution in [3.63, 3.8) is 0 Å². The van der Waals surface area contributed by atoms with Crippen LogP contribution in [0.25, 0.3) is 5.69 Å². The number of aromatic nitrogens is 3. The molecule has 1 unspecified atom stereocenters. The topological polar surface area (TPSA) is 95.2 Å². The van der Waals surface area contributed by atoms with Crippen molar-refractivity contribution in [1.29, 1.82) is 0 Å². The minimum atomic E-state index is -0.759. The van der Waals surface area contributed by atoms with E-state index in [2.05, 4.69) is 10.4 Å². The molecule has 4 rings (SSSR count). The Kier molecular flexibility index (Phi) is 6.76. The average molecular weight is 469 g/mol. The van der Waals surface area contributed by atoms with Gasteiger partial charge in [-0.3, -0.25) is 14.2 Å². The molecule has 33 heavy (non-hydrogen) atoms. The summed E-state index contributed by atoms with van der Waals surface area (Å²) < 4.78 is 7.65. The fourth-order valence-electron chi connectivity index (χ4n) is 3.95. The van der Waals surface area contributed by atoms with Gasteiger partial charge in [0.2, 0.25) is 5.69 Å². The molecule has 172 valence electrons. The minimum Gasteiger partial charge on any atom is -0.376 e. The smallest absolute Gasteiger partial charge is 0.352 e. The third-order valence-corrected chi connectivity index (χ3v) is 5.71. The molecule has 1 aromatic heterocycles. The second-order valence-corrected chi connectivity index (χ2v) is 8.69. The van der Waals surface area contributed by atoms with Crippen molar-refractivity contribution in [3.8, 4) is 5.69 Å². The molecule has 1 atom stereocenters. The van der Waals surface area contributed by atoms with E-state index in [0.717, 1.165) is 33.2 Å². The van der Waals surface area contributed by atoms with E-state index in [1.165, 1.54) is 0 Å². The maximum atomic E-state index is 13.3. The van der Waals surface area contributed by atoms with Crippen LogP contribution in [0.3, 0.4) is 0 Å². The summed E-state index contributed by atoms with van der Waals surface area (Å²) in [6.45, 7) is 4.69. The second-order valence-electron chi connectivity index (χ2n) is 8.26. The van der Waals surface area contributed by atoms with Crippen LogP contribution in [0.2, 0.25) is 5.02 Å². The van der Waals surface area contributed by atoms with Crippen LogP contribution in [0.5, 0.6) is 0 Å². The van der Waals surface area contributed by atoms with Crippen molar-refractivity contribution in [2.45, 2.75) is 39.3 Å². The Hall–Kier alpha value is -3.23. The summed E-state index contributed by atoms with van der Waals surface area (Å²) in [5.74, 6) is -0.645. The minimum absolute atomic E-state index is 0.0441. The molecule has 8 nitrogen and oxygen atoms in total. The van der Waals surface area contributed by atoms with Crippen molar-refractivity contribution in [3.05, 3.63) is 90.7 Å². The molecule has 0 radical (unpaired) electrons. The highest BCUT2D eigenvalue weighted by Crippen LogP contribution is 2.13. The van der Waals surface area contributed by atoms with E-state index in [4.69, 9.17) is 16.3 Å². The molecule has 2 aromatic carbocycles. The Morgan fingerprint density at radius 2 is 1.94 bits per heavy atom. The van der Waals surface area contributed by atoms with Crippen molar-refractivity contribution in [2.24, 2.45) is 0 Å². The number of nitrogens with zero attached hydrogens (tertiary/aromatic N) is 3. The Labute approximate surface area is 195 Å². The second kappa shape index (κ2) is 9.72. The molecule has 0 aliphatic carbocycles. The van der Waals surface area contributed by atoms with E-state index in [9.17, 15) is 14.4 Å². The highest BCUT2D eigenvalue weighted by atomic mass is 35.5. The number of hydrogen-bond acceptors (Lipinski definition) is 5. The standard InChI is InChI=1S/C24H25ClN4O4/c1-15-9-16(2)11-19(10-15)29-24(32)28(14-17-5-3-6-18(25)12-17)23(31)21(27-29)22(30)26-13-20-7-4-8-33-20/h3,5-6,9-12,20H,4,7-8,13-14H2,1-2H3,(H,26,30). The van der Waals surface area contributed by atoms with Crippen molar-refractivity contribution >= 4 is 17.5 Å². The van der Waals surface area contributed by atoms with E-state index in [1.807, 2.05) is 19.9 Å². The predicted molar refractivity (Wildman–Crippen MR) is 125 cm³/mol. The summed E-state index contributed by atoms with van der Waals surface area (Å²) >= 11 is 6.08. The monoisotopic (exact) mass is 468 g/mol. The third kappa shape index (κ3) is 5.23. The lowest BCUT2D eigenvalue weighted by Crippen LogP contribution is -2.46. The van der Waals surface area contributed by atoms with Gasteiger partial charge in [-0.25, -0.2) is 4.79 Å². The van der Waals surface area contributed by atoms with Crippen LogP contribution < -0.4 is 16.6 Å². The predicted octanol–water partition coefficient (Wildman–Crippen LogP) is 2.62. The molecule has 9 heteroatoms. The number of halogens is 1. The number of carbonyl (C=O) groups excluding carboxylic acids is 1. The van der Waals surface area contributed by atoms with Crippen molar-refractivity contribution in [1.82, 2.24) is 19.7 Å². The first-order valence-electron chi connectivity index (χ1n) is 10.8. The SMILES string of the molecule is Cc1cc(C)cc(-n2nc(C(=O)NCC3CCCO3)c(=O)n(Cc3cccc(Cl)c3)c2=O)c1. The maximum absolute atomic E-state index is 13.3. The quantitative estimate of drug-likeness (QED) is 0.600. The Balaban J connectivity index is 1.80. The molecule has 1 saturated heterocycles. The van der Waals surface area contributed by atoms with Gasteiger partial charge in [0.15, 0.2) is 0 Å². The number of amides is 1. The van der Waals surface area contributed by atoms with Gasteiger partial charge in [-0.2, -0.15) is 9.78 Å². The first-order chi connectivity index (χ1) is 15.8. The van der Waals surface area contributed by atoms with E-state index < -0.39 is 17.2 Å².